The van der Waals surface area contributed by atoms with E-state index in [0.717, 1.165) is 22.5 Å². The largest absolute Gasteiger partial charge is 0.314 e. The lowest BCUT2D eigenvalue weighted by atomic mass is 9.72. The van der Waals surface area contributed by atoms with Crippen LogP contribution in [-0.2, 0) is 15.0 Å². The summed E-state index contributed by atoms with van der Waals surface area (Å²) >= 11 is 6.28. The second-order valence-corrected chi connectivity index (χ2v) is 7.62. The quantitative estimate of drug-likeness (QED) is 0.689. The van der Waals surface area contributed by atoms with E-state index in [2.05, 4.69) is 10.4 Å². The van der Waals surface area contributed by atoms with Crippen molar-refractivity contribution in [2.75, 3.05) is 17.3 Å². The molecule has 0 aliphatic carbocycles. The molecule has 28 heavy (non-hydrogen) atoms. The summed E-state index contributed by atoms with van der Waals surface area (Å²) in [6.07, 6.45) is 1.74. The third kappa shape index (κ3) is 2.01. The molecule has 140 valence electrons. The number of halogens is 1. The Kier molecular flexibility index (Phi) is 3.46. The Morgan fingerprint density at radius 2 is 1.82 bits per heavy atom. The number of nitrogens with zero attached hydrogens (tertiary/aromatic N) is 3. The number of carbonyl (C=O) groups is 2. The minimum Gasteiger partial charge on any atom is -0.314 e. The van der Waals surface area contributed by atoms with Crippen LogP contribution in [0.4, 0.5) is 11.5 Å². The van der Waals surface area contributed by atoms with Gasteiger partial charge in [-0.2, -0.15) is 5.10 Å². The second kappa shape index (κ2) is 5.69. The van der Waals surface area contributed by atoms with Crippen LogP contribution in [0.25, 0.3) is 5.69 Å². The van der Waals surface area contributed by atoms with Crippen LogP contribution in [0.15, 0.2) is 48.7 Å². The summed E-state index contributed by atoms with van der Waals surface area (Å²) in [7, 11) is 1.74. The van der Waals surface area contributed by atoms with Gasteiger partial charge in [-0.15, -0.1) is 0 Å². The maximum Gasteiger partial charge on any atom is 0.242 e. The predicted molar refractivity (Wildman–Crippen MR) is 107 cm³/mol. The predicted octanol–water partition coefficient (Wildman–Crippen LogP) is 3.44. The first kappa shape index (κ1) is 17.0. The molecule has 0 fully saturated rings. The van der Waals surface area contributed by atoms with Crippen LogP contribution < -0.4 is 10.2 Å². The van der Waals surface area contributed by atoms with Gasteiger partial charge >= 0.3 is 0 Å². The molecular weight excluding hydrogens is 376 g/mol. The van der Waals surface area contributed by atoms with E-state index in [1.807, 2.05) is 49.4 Å². The van der Waals surface area contributed by atoms with Gasteiger partial charge in [-0.25, -0.2) is 4.68 Å². The van der Waals surface area contributed by atoms with Crippen molar-refractivity contribution >= 4 is 34.9 Å². The number of para-hydroxylation sites is 1. The summed E-state index contributed by atoms with van der Waals surface area (Å²) in [5.74, 6) is 0.180. The topological polar surface area (TPSA) is 67.2 Å². The third-order valence-electron chi connectivity index (χ3n) is 5.77. The molecule has 1 N–H and O–H groups in total. The van der Waals surface area contributed by atoms with Gasteiger partial charge in [0.15, 0.2) is 0 Å². The lowest BCUT2D eigenvalue weighted by Gasteiger charge is -2.32. The SMILES string of the molecule is Cc1c(Cl)cccc1-n1ncc2c1NC(=O)CC21C(=O)N(C)c2ccccc21. The molecule has 1 aromatic heterocycles. The Labute approximate surface area is 166 Å². The Morgan fingerprint density at radius 1 is 1.07 bits per heavy atom. The Balaban J connectivity index is 1.80. The van der Waals surface area contributed by atoms with Crippen LogP contribution in [-0.4, -0.2) is 28.6 Å². The molecule has 5 rings (SSSR count). The van der Waals surface area contributed by atoms with E-state index in [-0.39, 0.29) is 18.2 Å². The highest BCUT2D eigenvalue weighted by molar-refractivity contribution is 6.31. The van der Waals surface area contributed by atoms with E-state index in [4.69, 9.17) is 11.6 Å². The van der Waals surface area contributed by atoms with Crippen LogP contribution in [0.5, 0.6) is 0 Å². The number of nitrogens with one attached hydrogen (secondary N) is 1. The molecule has 1 atom stereocenters. The van der Waals surface area contributed by atoms with E-state index in [0.29, 0.717) is 16.4 Å². The molecule has 7 heteroatoms. The minimum absolute atomic E-state index is 0.0560. The number of hydrogen-bond donors (Lipinski definition) is 1. The first-order chi connectivity index (χ1) is 13.4. The van der Waals surface area contributed by atoms with Crippen molar-refractivity contribution in [3.63, 3.8) is 0 Å². The van der Waals surface area contributed by atoms with Crippen LogP contribution in [0.1, 0.15) is 23.1 Å². The van der Waals surface area contributed by atoms with Crippen molar-refractivity contribution < 1.29 is 9.59 Å². The summed E-state index contributed by atoms with van der Waals surface area (Å²) in [6.45, 7) is 1.90. The minimum atomic E-state index is -1.06. The number of benzene rings is 2. The molecular formula is C21H17ClN4O2. The number of rotatable bonds is 1. The van der Waals surface area contributed by atoms with Gasteiger partial charge in [0.2, 0.25) is 11.8 Å². The van der Waals surface area contributed by atoms with Crippen LogP contribution in [0, 0.1) is 6.92 Å². The van der Waals surface area contributed by atoms with Crippen molar-refractivity contribution in [2.24, 2.45) is 0 Å². The molecule has 1 spiro atoms. The molecule has 3 aromatic rings. The summed E-state index contributed by atoms with van der Waals surface area (Å²) in [4.78, 5) is 27.8. The van der Waals surface area contributed by atoms with Gasteiger partial charge in [-0.1, -0.05) is 35.9 Å². The molecule has 2 aromatic carbocycles. The zero-order valence-corrected chi connectivity index (χ0v) is 16.1. The second-order valence-electron chi connectivity index (χ2n) is 7.21. The average Bonchev–Trinajstić information content (AvgIpc) is 3.19. The van der Waals surface area contributed by atoms with Gasteiger partial charge in [-0.3, -0.25) is 9.59 Å². The first-order valence-electron chi connectivity index (χ1n) is 8.96. The molecule has 6 nitrogen and oxygen atoms in total. The highest BCUT2D eigenvalue weighted by atomic mass is 35.5. The fourth-order valence-corrected chi connectivity index (χ4v) is 4.54. The van der Waals surface area contributed by atoms with E-state index in [1.165, 1.54) is 0 Å². The molecule has 0 saturated heterocycles. The Bertz CT molecular complexity index is 1170. The highest BCUT2D eigenvalue weighted by Gasteiger charge is 2.56. The van der Waals surface area contributed by atoms with Crippen LogP contribution in [0.2, 0.25) is 5.02 Å². The van der Waals surface area contributed by atoms with Crippen LogP contribution >= 0.6 is 11.6 Å². The molecule has 0 bridgehead atoms. The molecule has 2 aliphatic heterocycles. The maximum absolute atomic E-state index is 13.4. The molecule has 0 radical (unpaired) electrons. The number of amides is 2. The third-order valence-corrected chi connectivity index (χ3v) is 6.18. The number of carbonyl (C=O) groups excluding carboxylic acids is 2. The number of hydrogen-bond acceptors (Lipinski definition) is 3. The summed E-state index contributed by atoms with van der Waals surface area (Å²) in [6, 6.07) is 13.1. The summed E-state index contributed by atoms with van der Waals surface area (Å²) < 4.78 is 1.66. The molecule has 2 amide bonds. The maximum atomic E-state index is 13.4. The molecule has 1 unspecified atom stereocenters. The van der Waals surface area contributed by atoms with Gasteiger partial charge in [0.1, 0.15) is 11.2 Å². The standard InChI is InChI=1S/C21H17ClN4O2/c1-12-15(22)7-5-9-16(12)26-19-14(11-23-26)21(10-18(27)24-19)13-6-3-4-8-17(13)25(2)20(21)28/h3-9,11H,10H2,1-2H3,(H,24,27). The normalized spacial score (nSPS) is 20.3. The Hall–Kier alpha value is -3.12. The van der Waals surface area contributed by atoms with Crippen molar-refractivity contribution in [3.05, 3.63) is 70.4 Å². The van der Waals surface area contributed by atoms with Crippen molar-refractivity contribution in [1.29, 1.82) is 0 Å². The summed E-state index contributed by atoms with van der Waals surface area (Å²) in [5.41, 5.74) is 2.90. The fourth-order valence-electron chi connectivity index (χ4n) is 4.37. The van der Waals surface area contributed by atoms with E-state index < -0.39 is 5.41 Å². The Morgan fingerprint density at radius 3 is 2.64 bits per heavy atom. The van der Waals surface area contributed by atoms with Gasteiger partial charge in [-0.05, 0) is 36.2 Å². The van der Waals surface area contributed by atoms with Crippen molar-refractivity contribution in [3.8, 4) is 5.69 Å². The average molecular weight is 393 g/mol. The van der Waals surface area contributed by atoms with Crippen molar-refractivity contribution in [1.82, 2.24) is 9.78 Å². The lowest BCUT2D eigenvalue weighted by Crippen LogP contribution is -2.45. The fraction of sp³-hybridized carbons (Fsp3) is 0.190. The summed E-state index contributed by atoms with van der Waals surface area (Å²) in [5, 5.41) is 8.06. The van der Waals surface area contributed by atoms with E-state index in [1.54, 1.807) is 22.8 Å². The van der Waals surface area contributed by atoms with E-state index >= 15 is 0 Å². The van der Waals surface area contributed by atoms with Crippen LogP contribution in [0.3, 0.4) is 0 Å². The monoisotopic (exact) mass is 392 g/mol. The zero-order chi connectivity index (χ0) is 19.6. The number of likely N-dealkylation sites (N-methyl/N-ethyl adjacent to an activating group) is 1. The smallest absolute Gasteiger partial charge is 0.242 e. The number of fused-ring (bicyclic) bond motifs is 4. The molecule has 3 heterocycles. The molecule has 0 saturated carbocycles. The first-order valence-corrected chi connectivity index (χ1v) is 9.34. The van der Waals surface area contributed by atoms with Gasteiger partial charge in [0.25, 0.3) is 0 Å². The molecule has 2 aliphatic rings. The van der Waals surface area contributed by atoms with Crippen molar-refractivity contribution in [2.45, 2.75) is 18.8 Å². The van der Waals surface area contributed by atoms with Gasteiger partial charge < -0.3 is 10.2 Å². The lowest BCUT2D eigenvalue weighted by molar-refractivity contribution is -0.126. The number of anilines is 2. The van der Waals surface area contributed by atoms with E-state index in [9.17, 15) is 9.59 Å². The van der Waals surface area contributed by atoms with Gasteiger partial charge in [0, 0.05) is 29.7 Å². The zero-order valence-electron chi connectivity index (χ0n) is 15.4. The highest BCUT2D eigenvalue weighted by Crippen LogP contribution is 2.52. The van der Waals surface area contributed by atoms with Gasteiger partial charge in [0.05, 0.1) is 11.9 Å². The number of aromatic nitrogens is 2.